The van der Waals surface area contributed by atoms with Crippen LogP contribution < -0.4 is 0 Å². The summed E-state index contributed by atoms with van der Waals surface area (Å²) in [5.74, 6) is 6.15. The fraction of sp³-hybridized carbons (Fsp3) is 0.0556. The molecule has 0 spiro atoms. The van der Waals surface area contributed by atoms with Gasteiger partial charge in [0, 0.05) is 11.1 Å². The van der Waals surface area contributed by atoms with E-state index in [9.17, 15) is 5.26 Å². The first kappa shape index (κ1) is 12.7. The molecule has 1 nitrogen and oxygen atoms in total. The van der Waals surface area contributed by atoms with E-state index in [1.807, 2.05) is 48.5 Å². The molecule has 0 fully saturated rings. The van der Waals surface area contributed by atoms with Crippen molar-refractivity contribution in [3.8, 4) is 17.9 Å². The number of hydrogen-bond donors (Lipinski definition) is 0. The van der Waals surface area contributed by atoms with Crippen LogP contribution in [-0.4, -0.2) is 0 Å². The van der Waals surface area contributed by atoms with Crippen LogP contribution in [0.4, 0.5) is 0 Å². The number of rotatable bonds is 2. The summed E-state index contributed by atoms with van der Waals surface area (Å²) in [4.78, 5) is 0. The Balaban J connectivity index is 2.42. The first-order valence-electron chi connectivity index (χ1n) is 6.05. The van der Waals surface area contributed by atoms with E-state index in [1.54, 1.807) is 6.08 Å². The van der Waals surface area contributed by atoms with Gasteiger partial charge in [0.25, 0.3) is 0 Å². The third-order valence-corrected chi connectivity index (χ3v) is 2.74. The average molecular weight is 243 g/mol. The molecule has 0 aliphatic carbocycles. The Kier molecular flexibility index (Phi) is 4.17. The predicted octanol–water partition coefficient (Wildman–Crippen LogP) is 3.69. The van der Waals surface area contributed by atoms with Gasteiger partial charge in [0.15, 0.2) is 0 Å². The third-order valence-electron chi connectivity index (χ3n) is 2.74. The maximum absolute atomic E-state index is 9.27. The minimum atomic E-state index is 0.644. The number of nitriles is 1. The second-order valence-corrected chi connectivity index (χ2v) is 4.06. The molecule has 0 radical (unpaired) electrons. The van der Waals surface area contributed by atoms with Gasteiger partial charge in [-0.25, -0.2) is 0 Å². The van der Waals surface area contributed by atoms with Gasteiger partial charge in [0.2, 0.25) is 0 Å². The van der Waals surface area contributed by atoms with Gasteiger partial charge in [0.05, 0.1) is 5.56 Å². The minimum Gasteiger partial charge on any atom is -0.192 e. The van der Waals surface area contributed by atoms with Crippen molar-refractivity contribution in [1.29, 1.82) is 5.26 Å². The molecule has 2 aromatic rings. The fourth-order valence-electron chi connectivity index (χ4n) is 1.82. The van der Waals surface area contributed by atoms with E-state index in [2.05, 4.69) is 24.5 Å². The molecule has 0 saturated heterocycles. The SMILES string of the molecule is C=CCc1cccc(C#Cc2ccccc2)c1C#N. The van der Waals surface area contributed by atoms with Crippen LogP contribution in [0.5, 0.6) is 0 Å². The molecule has 0 saturated carbocycles. The van der Waals surface area contributed by atoms with E-state index in [-0.39, 0.29) is 0 Å². The van der Waals surface area contributed by atoms with E-state index >= 15 is 0 Å². The van der Waals surface area contributed by atoms with Crippen LogP contribution in [0.2, 0.25) is 0 Å². The van der Waals surface area contributed by atoms with Crippen molar-refractivity contribution in [2.24, 2.45) is 0 Å². The molecule has 90 valence electrons. The lowest BCUT2D eigenvalue weighted by Gasteiger charge is -2.02. The van der Waals surface area contributed by atoms with Crippen LogP contribution in [0.3, 0.4) is 0 Å². The summed E-state index contributed by atoms with van der Waals surface area (Å²) in [6.07, 6.45) is 2.48. The highest BCUT2D eigenvalue weighted by Gasteiger charge is 2.04. The Labute approximate surface area is 113 Å². The summed E-state index contributed by atoms with van der Waals surface area (Å²) in [6, 6.07) is 17.7. The molecule has 0 aromatic heterocycles. The summed E-state index contributed by atoms with van der Waals surface area (Å²) in [5, 5.41) is 9.27. The van der Waals surface area contributed by atoms with Gasteiger partial charge in [-0.2, -0.15) is 5.26 Å². The van der Waals surface area contributed by atoms with Crippen molar-refractivity contribution in [2.75, 3.05) is 0 Å². The van der Waals surface area contributed by atoms with Crippen LogP contribution >= 0.6 is 0 Å². The summed E-state index contributed by atoms with van der Waals surface area (Å²) in [5.41, 5.74) is 3.33. The smallest absolute Gasteiger partial charge is 0.101 e. The maximum atomic E-state index is 9.27. The van der Waals surface area contributed by atoms with E-state index in [0.717, 1.165) is 16.7 Å². The Hall–Kier alpha value is -2.77. The topological polar surface area (TPSA) is 23.8 Å². The molecule has 0 aliphatic heterocycles. The summed E-state index contributed by atoms with van der Waals surface area (Å²) in [6.45, 7) is 3.71. The quantitative estimate of drug-likeness (QED) is 0.583. The molecule has 0 heterocycles. The highest BCUT2D eigenvalue weighted by molar-refractivity contribution is 5.54. The standard InChI is InChI=1S/C18H13N/c1-2-7-16-10-6-11-17(18(16)14-19)13-12-15-8-4-3-5-9-15/h2-6,8-11H,1,7H2. The second kappa shape index (κ2) is 6.24. The van der Waals surface area contributed by atoms with E-state index in [4.69, 9.17) is 0 Å². The monoisotopic (exact) mass is 243 g/mol. The van der Waals surface area contributed by atoms with Crippen LogP contribution in [0.1, 0.15) is 22.3 Å². The molecular formula is C18H13N. The lowest BCUT2D eigenvalue weighted by molar-refractivity contribution is 1.24. The zero-order valence-electron chi connectivity index (χ0n) is 10.6. The predicted molar refractivity (Wildman–Crippen MR) is 77.5 cm³/mol. The lowest BCUT2D eigenvalue weighted by atomic mass is 10.00. The lowest BCUT2D eigenvalue weighted by Crippen LogP contribution is -1.92. The molecule has 0 N–H and O–H groups in total. The molecule has 0 bridgehead atoms. The molecule has 0 atom stereocenters. The Morgan fingerprint density at radius 3 is 2.47 bits per heavy atom. The number of allylic oxidation sites excluding steroid dienone is 1. The Morgan fingerprint density at radius 2 is 1.79 bits per heavy atom. The van der Waals surface area contributed by atoms with Crippen LogP contribution in [0.25, 0.3) is 0 Å². The molecule has 0 unspecified atom stereocenters. The largest absolute Gasteiger partial charge is 0.192 e. The van der Waals surface area contributed by atoms with Crippen LogP contribution in [-0.2, 0) is 6.42 Å². The van der Waals surface area contributed by atoms with Crippen molar-refractivity contribution in [2.45, 2.75) is 6.42 Å². The number of benzene rings is 2. The van der Waals surface area contributed by atoms with Crippen molar-refractivity contribution in [1.82, 2.24) is 0 Å². The molecular weight excluding hydrogens is 230 g/mol. The van der Waals surface area contributed by atoms with Gasteiger partial charge in [0.1, 0.15) is 6.07 Å². The van der Waals surface area contributed by atoms with Crippen molar-refractivity contribution in [3.05, 3.63) is 83.4 Å². The molecule has 0 amide bonds. The normalized spacial score (nSPS) is 9.00. The molecule has 1 heteroatoms. The number of hydrogen-bond acceptors (Lipinski definition) is 1. The zero-order chi connectivity index (χ0) is 13.5. The van der Waals surface area contributed by atoms with Crippen molar-refractivity contribution < 1.29 is 0 Å². The molecule has 19 heavy (non-hydrogen) atoms. The van der Waals surface area contributed by atoms with Crippen LogP contribution in [0, 0.1) is 23.2 Å². The van der Waals surface area contributed by atoms with Crippen molar-refractivity contribution >= 4 is 0 Å². The molecule has 2 rings (SSSR count). The highest BCUT2D eigenvalue weighted by Crippen LogP contribution is 2.14. The summed E-state index contributed by atoms with van der Waals surface area (Å²) < 4.78 is 0. The summed E-state index contributed by atoms with van der Waals surface area (Å²) in [7, 11) is 0. The first-order valence-corrected chi connectivity index (χ1v) is 6.05. The second-order valence-electron chi connectivity index (χ2n) is 4.06. The number of nitrogens with zero attached hydrogens (tertiary/aromatic N) is 1. The van der Waals surface area contributed by atoms with Gasteiger partial charge >= 0.3 is 0 Å². The molecule has 0 aliphatic rings. The van der Waals surface area contributed by atoms with Gasteiger partial charge in [-0.3, -0.25) is 0 Å². The maximum Gasteiger partial charge on any atom is 0.101 e. The highest BCUT2D eigenvalue weighted by atomic mass is 14.2. The first-order chi connectivity index (χ1) is 9.35. The van der Waals surface area contributed by atoms with Crippen molar-refractivity contribution in [3.63, 3.8) is 0 Å². The van der Waals surface area contributed by atoms with Crippen LogP contribution in [0.15, 0.2) is 61.2 Å². The Bertz CT molecular complexity index is 679. The average Bonchev–Trinajstić information content (AvgIpc) is 2.46. The minimum absolute atomic E-state index is 0.644. The third kappa shape index (κ3) is 3.12. The van der Waals surface area contributed by atoms with E-state index < -0.39 is 0 Å². The van der Waals surface area contributed by atoms with Gasteiger partial charge in [-0.05, 0) is 30.2 Å². The zero-order valence-corrected chi connectivity index (χ0v) is 10.6. The van der Waals surface area contributed by atoms with E-state index in [0.29, 0.717) is 12.0 Å². The van der Waals surface area contributed by atoms with Gasteiger partial charge < -0.3 is 0 Å². The molecule has 2 aromatic carbocycles. The fourth-order valence-corrected chi connectivity index (χ4v) is 1.82. The Morgan fingerprint density at radius 1 is 1.00 bits per heavy atom. The van der Waals surface area contributed by atoms with E-state index in [1.165, 1.54) is 0 Å². The van der Waals surface area contributed by atoms with Gasteiger partial charge in [-0.15, -0.1) is 6.58 Å². The summed E-state index contributed by atoms with van der Waals surface area (Å²) >= 11 is 0. The van der Waals surface area contributed by atoms with Gasteiger partial charge in [-0.1, -0.05) is 48.2 Å².